The third-order valence-electron chi connectivity index (χ3n) is 6.12. The first kappa shape index (κ1) is 22.5. The van der Waals surface area contributed by atoms with Crippen LogP contribution in [0.4, 0.5) is 0 Å². The molecule has 3 aromatic rings. The Morgan fingerprint density at radius 3 is 1.94 bits per heavy atom. The number of amides is 1. The third kappa shape index (κ3) is 5.57. The molecule has 1 fully saturated rings. The molecule has 166 valence electrons. The Balaban J connectivity index is 1.35. The van der Waals surface area contributed by atoms with Gasteiger partial charge < -0.3 is 5.32 Å². The molecule has 0 aromatic heterocycles. The molecule has 1 heterocycles. The average Bonchev–Trinajstić information content (AvgIpc) is 2.82. The van der Waals surface area contributed by atoms with E-state index < -0.39 is 0 Å². The number of piperazine rings is 1. The van der Waals surface area contributed by atoms with Crippen LogP contribution in [0.25, 0.3) is 0 Å². The molecule has 1 N–H and O–H groups in total. The van der Waals surface area contributed by atoms with Crippen molar-refractivity contribution in [2.45, 2.75) is 19.0 Å². The summed E-state index contributed by atoms with van der Waals surface area (Å²) in [5, 5.41) is 3.77. The van der Waals surface area contributed by atoms with E-state index in [9.17, 15) is 4.79 Å². The first-order chi connectivity index (χ1) is 15.6. The van der Waals surface area contributed by atoms with E-state index in [-0.39, 0.29) is 18.0 Å². The predicted molar refractivity (Wildman–Crippen MR) is 131 cm³/mol. The molecule has 0 aliphatic carbocycles. The van der Waals surface area contributed by atoms with E-state index in [1.165, 1.54) is 11.1 Å². The van der Waals surface area contributed by atoms with Crippen LogP contribution < -0.4 is 5.32 Å². The van der Waals surface area contributed by atoms with Crippen molar-refractivity contribution in [3.05, 3.63) is 107 Å². The number of carbonyl (C=O) groups is 1. The lowest BCUT2D eigenvalue weighted by Crippen LogP contribution is -2.50. The van der Waals surface area contributed by atoms with Crippen LogP contribution in [0, 0.1) is 0 Å². The van der Waals surface area contributed by atoms with Crippen molar-refractivity contribution in [2.24, 2.45) is 0 Å². The van der Waals surface area contributed by atoms with Crippen LogP contribution in [0.1, 0.15) is 35.7 Å². The standard InChI is InChI=1S/C27H30ClN3O/c1-21(24-14-8-9-15-25(24)28)29-26(32)20-30-16-18-31(19-17-30)27(22-10-4-2-5-11-22)23-12-6-3-7-13-23/h2-15,21,27H,16-20H2,1H3,(H,29,32)/t21-/m0/s1. The van der Waals surface area contributed by atoms with E-state index in [2.05, 4.69) is 75.8 Å². The van der Waals surface area contributed by atoms with Crippen LogP contribution in [-0.2, 0) is 4.79 Å². The quantitative estimate of drug-likeness (QED) is 0.558. The van der Waals surface area contributed by atoms with Gasteiger partial charge in [-0.3, -0.25) is 14.6 Å². The number of rotatable bonds is 7. The molecule has 1 atom stereocenters. The van der Waals surface area contributed by atoms with Gasteiger partial charge in [0.25, 0.3) is 0 Å². The van der Waals surface area contributed by atoms with Crippen LogP contribution in [0.15, 0.2) is 84.9 Å². The van der Waals surface area contributed by atoms with Crippen molar-refractivity contribution in [1.29, 1.82) is 0 Å². The molecule has 1 amide bonds. The summed E-state index contributed by atoms with van der Waals surface area (Å²) in [6, 6.07) is 29.1. The number of benzene rings is 3. The SMILES string of the molecule is C[C@H](NC(=O)CN1CCN(C(c2ccccc2)c2ccccc2)CC1)c1ccccc1Cl. The summed E-state index contributed by atoms with van der Waals surface area (Å²) in [6.45, 7) is 5.95. The van der Waals surface area contributed by atoms with Crippen LogP contribution in [0.2, 0.25) is 5.02 Å². The summed E-state index contributed by atoms with van der Waals surface area (Å²) >= 11 is 6.27. The Hall–Kier alpha value is -2.66. The van der Waals surface area contributed by atoms with Gasteiger partial charge in [0.05, 0.1) is 18.6 Å². The summed E-state index contributed by atoms with van der Waals surface area (Å²) in [4.78, 5) is 17.4. The second-order valence-corrected chi connectivity index (χ2v) is 8.75. The second-order valence-electron chi connectivity index (χ2n) is 8.35. The van der Waals surface area contributed by atoms with Crippen molar-refractivity contribution in [3.63, 3.8) is 0 Å². The maximum atomic E-state index is 12.7. The number of hydrogen-bond acceptors (Lipinski definition) is 3. The molecular weight excluding hydrogens is 418 g/mol. The van der Waals surface area contributed by atoms with Gasteiger partial charge in [-0.05, 0) is 29.7 Å². The minimum atomic E-state index is -0.113. The Labute approximate surface area is 195 Å². The fraction of sp³-hybridized carbons (Fsp3) is 0.296. The molecule has 5 heteroatoms. The molecule has 0 spiro atoms. The number of carbonyl (C=O) groups excluding carboxylic acids is 1. The van der Waals surface area contributed by atoms with Gasteiger partial charge in [0, 0.05) is 31.2 Å². The molecule has 1 aliphatic heterocycles. The summed E-state index contributed by atoms with van der Waals surface area (Å²) in [5.74, 6) is 0.0357. The highest BCUT2D eigenvalue weighted by atomic mass is 35.5. The molecule has 1 saturated heterocycles. The van der Waals surface area contributed by atoms with Crippen LogP contribution in [0.5, 0.6) is 0 Å². The van der Waals surface area contributed by atoms with Crippen LogP contribution in [-0.4, -0.2) is 48.4 Å². The van der Waals surface area contributed by atoms with Gasteiger partial charge in [-0.2, -0.15) is 0 Å². The normalized spacial score (nSPS) is 16.1. The zero-order chi connectivity index (χ0) is 22.3. The molecular formula is C27H30ClN3O. The van der Waals surface area contributed by atoms with Crippen molar-refractivity contribution >= 4 is 17.5 Å². The fourth-order valence-corrected chi connectivity index (χ4v) is 4.76. The summed E-state index contributed by atoms with van der Waals surface area (Å²) in [7, 11) is 0. The minimum absolute atomic E-state index is 0.0357. The maximum Gasteiger partial charge on any atom is 0.234 e. The van der Waals surface area contributed by atoms with Gasteiger partial charge in [0.1, 0.15) is 0 Å². The molecule has 0 bridgehead atoms. The molecule has 1 aliphatic rings. The summed E-state index contributed by atoms with van der Waals surface area (Å²) in [6.07, 6.45) is 0. The largest absolute Gasteiger partial charge is 0.348 e. The number of nitrogens with one attached hydrogen (secondary N) is 1. The monoisotopic (exact) mass is 447 g/mol. The molecule has 0 radical (unpaired) electrons. The Bertz CT molecular complexity index is 964. The Morgan fingerprint density at radius 1 is 0.844 bits per heavy atom. The number of nitrogens with zero attached hydrogens (tertiary/aromatic N) is 2. The predicted octanol–water partition coefficient (Wildman–Crippen LogP) is 4.92. The smallest absolute Gasteiger partial charge is 0.234 e. The molecule has 3 aromatic carbocycles. The zero-order valence-electron chi connectivity index (χ0n) is 18.5. The highest BCUT2D eigenvalue weighted by Gasteiger charge is 2.27. The molecule has 0 unspecified atom stereocenters. The first-order valence-electron chi connectivity index (χ1n) is 11.2. The van der Waals surface area contributed by atoms with Gasteiger partial charge >= 0.3 is 0 Å². The van der Waals surface area contributed by atoms with Crippen LogP contribution >= 0.6 is 11.6 Å². The lowest BCUT2D eigenvalue weighted by Gasteiger charge is -2.39. The third-order valence-corrected chi connectivity index (χ3v) is 6.46. The average molecular weight is 448 g/mol. The van der Waals surface area contributed by atoms with E-state index in [1.807, 2.05) is 31.2 Å². The van der Waals surface area contributed by atoms with Crippen molar-refractivity contribution < 1.29 is 4.79 Å². The van der Waals surface area contributed by atoms with Crippen molar-refractivity contribution in [3.8, 4) is 0 Å². The highest BCUT2D eigenvalue weighted by Crippen LogP contribution is 2.29. The van der Waals surface area contributed by atoms with E-state index >= 15 is 0 Å². The Kier molecular flexibility index (Phi) is 7.59. The van der Waals surface area contributed by atoms with E-state index in [1.54, 1.807) is 0 Å². The van der Waals surface area contributed by atoms with Gasteiger partial charge in [-0.25, -0.2) is 0 Å². The van der Waals surface area contributed by atoms with Gasteiger partial charge in [0.2, 0.25) is 5.91 Å². The lowest BCUT2D eigenvalue weighted by atomic mass is 9.96. The molecule has 0 saturated carbocycles. The highest BCUT2D eigenvalue weighted by molar-refractivity contribution is 6.31. The number of halogens is 1. The lowest BCUT2D eigenvalue weighted by molar-refractivity contribution is -0.123. The van der Waals surface area contributed by atoms with E-state index in [0.717, 1.165) is 31.7 Å². The minimum Gasteiger partial charge on any atom is -0.348 e. The van der Waals surface area contributed by atoms with Crippen LogP contribution in [0.3, 0.4) is 0 Å². The fourth-order valence-electron chi connectivity index (χ4n) is 4.46. The maximum absolute atomic E-state index is 12.7. The van der Waals surface area contributed by atoms with E-state index in [4.69, 9.17) is 11.6 Å². The first-order valence-corrected chi connectivity index (χ1v) is 11.6. The zero-order valence-corrected chi connectivity index (χ0v) is 19.2. The molecule has 32 heavy (non-hydrogen) atoms. The topological polar surface area (TPSA) is 35.6 Å². The van der Waals surface area contributed by atoms with Gasteiger partial charge in [-0.15, -0.1) is 0 Å². The van der Waals surface area contributed by atoms with Crippen molar-refractivity contribution in [1.82, 2.24) is 15.1 Å². The Morgan fingerprint density at radius 2 is 1.38 bits per heavy atom. The summed E-state index contributed by atoms with van der Waals surface area (Å²) in [5.41, 5.74) is 3.55. The van der Waals surface area contributed by atoms with E-state index in [0.29, 0.717) is 11.6 Å². The van der Waals surface area contributed by atoms with Gasteiger partial charge in [-0.1, -0.05) is 90.5 Å². The van der Waals surface area contributed by atoms with Crippen molar-refractivity contribution in [2.75, 3.05) is 32.7 Å². The summed E-state index contributed by atoms with van der Waals surface area (Å²) < 4.78 is 0. The number of hydrogen-bond donors (Lipinski definition) is 1. The second kappa shape index (κ2) is 10.8. The van der Waals surface area contributed by atoms with Gasteiger partial charge in [0.15, 0.2) is 0 Å². The molecule has 4 nitrogen and oxygen atoms in total. The molecule has 4 rings (SSSR count).